The van der Waals surface area contributed by atoms with Gasteiger partial charge in [-0.3, -0.25) is 4.79 Å². The molecule has 3 nitrogen and oxygen atoms in total. The van der Waals surface area contributed by atoms with Crippen molar-refractivity contribution in [3.8, 4) is 0 Å². The second kappa shape index (κ2) is 5.97. The third-order valence-electron chi connectivity index (χ3n) is 3.07. The number of benzene rings is 2. The molecule has 0 bridgehead atoms. The van der Waals surface area contributed by atoms with Crippen LogP contribution < -0.4 is 11.1 Å². The van der Waals surface area contributed by atoms with Gasteiger partial charge in [0.15, 0.2) is 0 Å². The van der Waals surface area contributed by atoms with Crippen molar-refractivity contribution >= 4 is 28.9 Å². The Hall–Kier alpha value is -2.00. The van der Waals surface area contributed by atoms with Crippen LogP contribution in [0.1, 0.15) is 35.7 Å². The van der Waals surface area contributed by atoms with Crippen molar-refractivity contribution in [2.45, 2.75) is 19.8 Å². The number of hydrogen-bond donors (Lipinski definition) is 2. The second-order valence-electron chi connectivity index (χ2n) is 4.97. The molecule has 0 spiro atoms. The third kappa shape index (κ3) is 3.31. The molecule has 20 heavy (non-hydrogen) atoms. The summed E-state index contributed by atoms with van der Waals surface area (Å²) in [4.78, 5) is 12.1. The standard InChI is InChI=1S/C16H17ClN2O/c1-10(2)11-4-3-5-13(8-11)19-16(20)12-6-7-14(17)15(18)9-12/h3-10H,18H2,1-2H3,(H,19,20). The first-order valence-corrected chi connectivity index (χ1v) is 6.81. The topological polar surface area (TPSA) is 55.1 Å². The number of rotatable bonds is 3. The van der Waals surface area contributed by atoms with Crippen LogP contribution in [0.25, 0.3) is 0 Å². The minimum absolute atomic E-state index is 0.200. The highest BCUT2D eigenvalue weighted by Crippen LogP contribution is 2.22. The fraction of sp³-hybridized carbons (Fsp3) is 0.188. The van der Waals surface area contributed by atoms with E-state index in [4.69, 9.17) is 17.3 Å². The molecular formula is C16H17ClN2O. The van der Waals surface area contributed by atoms with E-state index < -0.39 is 0 Å². The van der Waals surface area contributed by atoms with E-state index in [1.54, 1.807) is 18.2 Å². The molecule has 0 aliphatic heterocycles. The maximum Gasteiger partial charge on any atom is 0.255 e. The Morgan fingerprint density at radius 1 is 1.20 bits per heavy atom. The molecule has 0 aliphatic rings. The molecule has 0 saturated heterocycles. The molecule has 0 atom stereocenters. The van der Waals surface area contributed by atoms with Gasteiger partial charge in [0.2, 0.25) is 0 Å². The monoisotopic (exact) mass is 288 g/mol. The molecule has 0 unspecified atom stereocenters. The number of carbonyl (C=O) groups is 1. The fourth-order valence-electron chi connectivity index (χ4n) is 1.86. The van der Waals surface area contributed by atoms with E-state index in [9.17, 15) is 4.79 Å². The number of halogens is 1. The lowest BCUT2D eigenvalue weighted by Gasteiger charge is -2.10. The first-order valence-electron chi connectivity index (χ1n) is 6.43. The Balaban J connectivity index is 2.19. The van der Waals surface area contributed by atoms with Gasteiger partial charge in [-0.2, -0.15) is 0 Å². The minimum Gasteiger partial charge on any atom is -0.398 e. The SMILES string of the molecule is CC(C)c1cccc(NC(=O)c2ccc(Cl)c(N)c2)c1. The van der Waals surface area contributed by atoms with Gasteiger partial charge in [-0.15, -0.1) is 0 Å². The van der Waals surface area contributed by atoms with Crippen LogP contribution in [0.2, 0.25) is 5.02 Å². The van der Waals surface area contributed by atoms with E-state index in [-0.39, 0.29) is 5.91 Å². The number of anilines is 2. The molecule has 0 saturated carbocycles. The Kier molecular flexibility index (Phi) is 4.30. The van der Waals surface area contributed by atoms with Gasteiger partial charge in [-0.05, 0) is 41.8 Å². The van der Waals surface area contributed by atoms with Crippen LogP contribution in [-0.4, -0.2) is 5.91 Å². The lowest BCUT2D eigenvalue weighted by atomic mass is 10.0. The van der Waals surface area contributed by atoms with E-state index in [2.05, 4.69) is 19.2 Å². The smallest absolute Gasteiger partial charge is 0.255 e. The average Bonchev–Trinajstić information content (AvgIpc) is 2.42. The van der Waals surface area contributed by atoms with Gasteiger partial charge in [0.1, 0.15) is 0 Å². The second-order valence-corrected chi connectivity index (χ2v) is 5.38. The van der Waals surface area contributed by atoms with Crippen molar-refractivity contribution in [1.82, 2.24) is 0 Å². The molecule has 3 N–H and O–H groups in total. The summed E-state index contributed by atoms with van der Waals surface area (Å²) in [7, 11) is 0. The van der Waals surface area contributed by atoms with Crippen LogP contribution in [0.15, 0.2) is 42.5 Å². The summed E-state index contributed by atoms with van der Waals surface area (Å²) >= 11 is 5.84. The highest BCUT2D eigenvalue weighted by Gasteiger charge is 2.09. The van der Waals surface area contributed by atoms with Gasteiger partial charge in [0, 0.05) is 11.3 Å². The largest absolute Gasteiger partial charge is 0.398 e. The summed E-state index contributed by atoms with van der Waals surface area (Å²) in [5, 5.41) is 3.31. The van der Waals surface area contributed by atoms with Gasteiger partial charge in [-0.1, -0.05) is 37.6 Å². The molecule has 2 aromatic rings. The number of hydrogen-bond acceptors (Lipinski definition) is 2. The normalized spacial score (nSPS) is 10.6. The molecule has 104 valence electrons. The van der Waals surface area contributed by atoms with Crippen LogP contribution >= 0.6 is 11.6 Å². The summed E-state index contributed by atoms with van der Waals surface area (Å²) < 4.78 is 0. The van der Waals surface area contributed by atoms with Crippen LogP contribution in [0.4, 0.5) is 11.4 Å². The summed E-state index contributed by atoms with van der Waals surface area (Å²) in [6.45, 7) is 4.22. The van der Waals surface area contributed by atoms with E-state index in [0.29, 0.717) is 22.2 Å². The van der Waals surface area contributed by atoms with Gasteiger partial charge in [0.05, 0.1) is 10.7 Å². The highest BCUT2D eigenvalue weighted by molar-refractivity contribution is 6.33. The van der Waals surface area contributed by atoms with Gasteiger partial charge >= 0.3 is 0 Å². The van der Waals surface area contributed by atoms with E-state index in [1.165, 1.54) is 5.56 Å². The molecule has 0 radical (unpaired) electrons. The van der Waals surface area contributed by atoms with Crippen molar-refractivity contribution in [2.75, 3.05) is 11.1 Å². The molecule has 0 aliphatic carbocycles. The summed E-state index contributed by atoms with van der Waals surface area (Å²) in [6, 6.07) is 12.7. The van der Waals surface area contributed by atoms with E-state index >= 15 is 0 Å². The van der Waals surface area contributed by atoms with Crippen LogP contribution in [0.3, 0.4) is 0 Å². The van der Waals surface area contributed by atoms with Crippen molar-refractivity contribution in [3.05, 3.63) is 58.6 Å². The van der Waals surface area contributed by atoms with Crippen molar-refractivity contribution < 1.29 is 4.79 Å². The number of carbonyl (C=O) groups excluding carboxylic acids is 1. The average molecular weight is 289 g/mol. The fourth-order valence-corrected chi connectivity index (χ4v) is 1.98. The van der Waals surface area contributed by atoms with E-state index in [0.717, 1.165) is 5.69 Å². The van der Waals surface area contributed by atoms with Crippen LogP contribution in [0.5, 0.6) is 0 Å². The predicted molar refractivity (Wildman–Crippen MR) is 84.3 cm³/mol. The molecule has 1 amide bonds. The summed E-state index contributed by atoms with van der Waals surface area (Å²) in [6.07, 6.45) is 0. The Morgan fingerprint density at radius 3 is 2.60 bits per heavy atom. The van der Waals surface area contributed by atoms with Crippen LogP contribution in [0, 0.1) is 0 Å². The first kappa shape index (κ1) is 14.4. The molecular weight excluding hydrogens is 272 g/mol. The quantitative estimate of drug-likeness (QED) is 0.828. The first-order chi connectivity index (χ1) is 9.47. The minimum atomic E-state index is -0.200. The highest BCUT2D eigenvalue weighted by atomic mass is 35.5. The zero-order valence-corrected chi connectivity index (χ0v) is 12.2. The van der Waals surface area contributed by atoms with Crippen molar-refractivity contribution in [2.24, 2.45) is 0 Å². The number of nitrogens with two attached hydrogens (primary N) is 1. The Morgan fingerprint density at radius 2 is 1.95 bits per heavy atom. The summed E-state index contributed by atoms with van der Waals surface area (Å²) in [5.41, 5.74) is 8.54. The molecule has 0 heterocycles. The Labute approximate surface area is 123 Å². The Bertz CT molecular complexity index is 638. The number of amides is 1. The zero-order chi connectivity index (χ0) is 14.7. The molecule has 0 fully saturated rings. The van der Waals surface area contributed by atoms with Gasteiger partial charge in [-0.25, -0.2) is 0 Å². The zero-order valence-electron chi connectivity index (χ0n) is 11.5. The van der Waals surface area contributed by atoms with Crippen molar-refractivity contribution in [3.63, 3.8) is 0 Å². The van der Waals surface area contributed by atoms with Crippen molar-refractivity contribution in [1.29, 1.82) is 0 Å². The van der Waals surface area contributed by atoms with Crippen LogP contribution in [-0.2, 0) is 0 Å². The number of nitrogens with one attached hydrogen (secondary N) is 1. The lowest BCUT2D eigenvalue weighted by Crippen LogP contribution is -2.12. The lowest BCUT2D eigenvalue weighted by molar-refractivity contribution is 0.102. The molecule has 2 rings (SSSR count). The summed E-state index contributed by atoms with van der Waals surface area (Å²) in [5.74, 6) is 0.215. The predicted octanol–water partition coefficient (Wildman–Crippen LogP) is 4.30. The van der Waals surface area contributed by atoms with Gasteiger partial charge in [0.25, 0.3) is 5.91 Å². The molecule has 0 aromatic heterocycles. The maximum absolute atomic E-state index is 12.1. The maximum atomic E-state index is 12.1. The number of nitrogen functional groups attached to an aromatic ring is 1. The third-order valence-corrected chi connectivity index (χ3v) is 3.41. The van der Waals surface area contributed by atoms with E-state index in [1.807, 2.05) is 24.3 Å². The molecule has 4 heteroatoms. The van der Waals surface area contributed by atoms with Gasteiger partial charge < -0.3 is 11.1 Å². The molecule has 2 aromatic carbocycles.